The molecule has 1 aromatic rings. The van der Waals surface area contributed by atoms with Gasteiger partial charge in [0.15, 0.2) is 0 Å². The summed E-state index contributed by atoms with van der Waals surface area (Å²) in [6, 6.07) is 5.18. The molecule has 0 spiro atoms. The van der Waals surface area contributed by atoms with E-state index in [0.29, 0.717) is 18.7 Å². The molecule has 0 aliphatic heterocycles. The van der Waals surface area contributed by atoms with Crippen molar-refractivity contribution in [3.63, 3.8) is 0 Å². The van der Waals surface area contributed by atoms with Crippen molar-refractivity contribution in [2.24, 2.45) is 11.8 Å². The van der Waals surface area contributed by atoms with Crippen LogP contribution in [0.15, 0.2) is 36.5 Å². The molecule has 1 amide bonds. The maximum Gasteiger partial charge on any atom is 0.307 e. The first-order chi connectivity index (χ1) is 8.68. The topological polar surface area (TPSA) is 79.3 Å². The Labute approximate surface area is 105 Å². The third-order valence-electron chi connectivity index (χ3n) is 3.00. The number of carboxylic acid groups (broad SMARTS) is 1. The summed E-state index contributed by atoms with van der Waals surface area (Å²) >= 11 is 0. The van der Waals surface area contributed by atoms with E-state index in [4.69, 9.17) is 5.11 Å². The van der Waals surface area contributed by atoms with E-state index in [0.717, 1.165) is 0 Å². The molecule has 0 radical (unpaired) electrons. The summed E-state index contributed by atoms with van der Waals surface area (Å²) in [4.78, 5) is 27.1. The van der Waals surface area contributed by atoms with Gasteiger partial charge in [0.25, 0.3) is 0 Å². The Bertz CT molecular complexity index is 470. The molecule has 1 aliphatic rings. The second-order valence-electron chi connectivity index (χ2n) is 4.20. The quantitative estimate of drug-likeness (QED) is 0.795. The van der Waals surface area contributed by atoms with Crippen LogP contribution in [0.5, 0.6) is 0 Å². The Morgan fingerprint density at radius 2 is 1.94 bits per heavy atom. The average molecular weight is 246 g/mol. The summed E-state index contributed by atoms with van der Waals surface area (Å²) in [7, 11) is 0. The van der Waals surface area contributed by atoms with E-state index >= 15 is 0 Å². The Morgan fingerprint density at radius 3 is 2.56 bits per heavy atom. The largest absolute Gasteiger partial charge is 0.481 e. The number of pyridine rings is 1. The molecule has 2 rings (SSSR count). The lowest BCUT2D eigenvalue weighted by Crippen LogP contribution is -2.34. The minimum atomic E-state index is -0.930. The lowest BCUT2D eigenvalue weighted by molar-refractivity contribution is -0.146. The monoisotopic (exact) mass is 246 g/mol. The number of hydrogen-bond donors (Lipinski definition) is 2. The van der Waals surface area contributed by atoms with Gasteiger partial charge in [0.1, 0.15) is 5.82 Å². The summed E-state index contributed by atoms with van der Waals surface area (Å²) in [5, 5.41) is 11.7. The minimum Gasteiger partial charge on any atom is -0.481 e. The molecule has 0 saturated heterocycles. The van der Waals surface area contributed by atoms with Gasteiger partial charge in [-0.2, -0.15) is 0 Å². The Balaban J connectivity index is 2.08. The fraction of sp³-hybridized carbons (Fsp3) is 0.308. The van der Waals surface area contributed by atoms with E-state index in [1.807, 2.05) is 12.2 Å². The fourth-order valence-corrected chi connectivity index (χ4v) is 2.03. The molecule has 0 bridgehead atoms. The molecule has 0 fully saturated rings. The van der Waals surface area contributed by atoms with Crippen molar-refractivity contribution in [1.29, 1.82) is 0 Å². The van der Waals surface area contributed by atoms with Gasteiger partial charge in [0, 0.05) is 6.20 Å². The Morgan fingerprint density at radius 1 is 1.22 bits per heavy atom. The zero-order chi connectivity index (χ0) is 13.0. The summed E-state index contributed by atoms with van der Waals surface area (Å²) in [5.74, 6) is -1.96. The number of hydrogen-bond acceptors (Lipinski definition) is 3. The molecule has 94 valence electrons. The molecule has 0 saturated carbocycles. The smallest absolute Gasteiger partial charge is 0.307 e. The van der Waals surface area contributed by atoms with E-state index < -0.39 is 17.8 Å². The standard InChI is InChI=1S/C13H14N2O3/c16-12(15-11-7-3-4-8-14-11)9-5-1-2-6-10(9)13(17)18/h1-4,7-10H,5-6H2,(H,17,18)(H,14,15,16)/t9-,10+/m0/s1. The number of rotatable bonds is 3. The van der Waals surface area contributed by atoms with Crippen LogP contribution in [0.4, 0.5) is 5.82 Å². The highest BCUT2D eigenvalue weighted by Gasteiger charge is 2.33. The normalized spacial score (nSPS) is 22.4. The molecular weight excluding hydrogens is 232 g/mol. The summed E-state index contributed by atoms with van der Waals surface area (Å²) in [6.45, 7) is 0. The van der Waals surface area contributed by atoms with Crippen LogP contribution >= 0.6 is 0 Å². The third-order valence-corrected chi connectivity index (χ3v) is 3.00. The first kappa shape index (κ1) is 12.3. The molecule has 5 heteroatoms. The van der Waals surface area contributed by atoms with Crippen LogP contribution in [0.3, 0.4) is 0 Å². The van der Waals surface area contributed by atoms with Gasteiger partial charge in [-0.3, -0.25) is 9.59 Å². The maximum absolute atomic E-state index is 12.0. The van der Waals surface area contributed by atoms with E-state index in [2.05, 4.69) is 10.3 Å². The number of aliphatic carboxylic acids is 1. The number of anilines is 1. The number of aromatic nitrogens is 1. The Hall–Kier alpha value is -2.17. The van der Waals surface area contributed by atoms with E-state index in [-0.39, 0.29) is 5.91 Å². The number of amides is 1. The van der Waals surface area contributed by atoms with E-state index in [9.17, 15) is 9.59 Å². The molecule has 5 nitrogen and oxygen atoms in total. The average Bonchev–Trinajstić information content (AvgIpc) is 2.40. The lowest BCUT2D eigenvalue weighted by Gasteiger charge is -2.23. The predicted octanol–water partition coefficient (Wildman–Crippen LogP) is 1.69. The van der Waals surface area contributed by atoms with Gasteiger partial charge >= 0.3 is 5.97 Å². The van der Waals surface area contributed by atoms with Crippen LogP contribution in [0.25, 0.3) is 0 Å². The van der Waals surface area contributed by atoms with Crippen LogP contribution in [0.1, 0.15) is 12.8 Å². The molecular formula is C13H14N2O3. The van der Waals surface area contributed by atoms with Gasteiger partial charge < -0.3 is 10.4 Å². The van der Waals surface area contributed by atoms with E-state index in [1.54, 1.807) is 24.4 Å². The van der Waals surface area contributed by atoms with Gasteiger partial charge in [0.2, 0.25) is 5.91 Å². The number of carbonyl (C=O) groups is 2. The minimum absolute atomic E-state index is 0.287. The zero-order valence-electron chi connectivity index (χ0n) is 9.74. The molecule has 1 heterocycles. The number of carboxylic acids is 1. The lowest BCUT2D eigenvalue weighted by atomic mass is 9.82. The highest BCUT2D eigenvalue weighted by molar-refractivity contribution is 5.94. The molecule has 0 aromatic carbocycles. The van der Waals surface area contributed by atoms with Crippen LogP contribution in [-0.4, -0.2) is 22.0 Å². The zero-order valence-corrected chi connectivity index (χ0v) is 9.74. The van der Waals surface area contributed by atoms with Gasteiger partial charge in [0.05, 0.1) is 11.8 Å². The van der Waals surface area contributed by atoms with Crippen molar-refractivity contribution < 1.29 is 14.7 Å². The molecule has 18 heavy (non-hydrogen) atoms. The van der Waals surface area contributed by atoms with E-state index in [1.165, 1.54) is 0 Å². The Kier molecular flexibility index (Phi) is 3.72. The van der Waals surface area contributed by atoms with Crippen molar-refractivity contribution >= 4 is 17.7 Å². The van der Waals surface area contributed by atoms with Gasteiger partial charge in [-0.1, -0.05) is 18.2 Å². The third kappa shape index (κ3) is 2.74. The van der Waals surface area contributed by atoms with Crippen molar-refractivity contribution in [3.8, 4) is 0 Å². The number of allylic oxidation sites excluding steroid dienone is 2. The fourth-order valence-electron chi connectivity index (χ4n) is 2.03. The summed E-state index contributed by atoms with van der Waals surface area (Å²) in [6.07, 6.45) is 6.09. The number of carbonyl (C=O) groups excluding carboxylic acids is 1. The van der Waals surface area contributed by atoms with Crippen LogP contribution < -0.4 is 5.32 Å². The molecule has 0 unspecified atom stereocenters. The molecule has 1 aliphatic carbocycles. The molecule has 2 N–H and O–H groups in total. The number of nitrogens with zero attached hydrogens (tertiary/aromatic N) is 1. The summed E-state index contributed by atoms with van der Waals surface area (Å²) < 4.78 is 0. The van der Waals surface area contributed by atoms with Gasteiger partial charge in [-0.05, 0) is 25.0 Å². The van der Waals surface area contributed by atoms with Crippen molar-refractivity contribution in [3.05, 3.63) is 36.5 Å². The summed E-state index contributed by atoms with van der Waals surface area (Å²) in [5.41, 5.74) is 0. The first-order valence-corrected chi connectivity index (χ1v) is 5.78. The van der Waals surface area contributed by atoms with Crippen molar-refractivity contribution in [2.75, 3.05) is 5.32 Å². The highest BCUT2D eigenvalue weighted by Crippen LogP contribution is 2.26. The first-order valence-electron chi connectivity index (χ1n) is 5.78. The second kappa shape index (κ2) is 5.44. The predicted molar refractivity (Wildman–Crippen MR) is 65.9 cm³/mol. The van der Waals surface area contributed by atoms with Gasteiger partial charge in [-0.15, -0.1) is 0 Å². The number of nitrogens with one attached hydrogen (secondary N) is 1. The van der Waals surface area contributed by atoms with Gasteiger partial charge in [-0.25, -0.2) is 4.98 Å². The van der Waals surface area contributed by atoms with Crippen molar-refractivity contribution in [2.45, 2.75) is 12.8 Å². The molecule has 1 aromatic heterocycles. The highest BCUT2D eigenvalue weighted by atomic mass is 16.4. The molecule has 2 atom stereocenters. The van der Waals surface area contributed by atoms with Crippen LogP contribution in [-0.2, 0) is 9.59 Å². The van der Waals surface area contributed by atoms with Crippen molar-refractivity contribution in [1.82, 2.24) is 4.98 Å². The van der Waals surface area contributed by atoms with Crippen LogP contribution in [0, 0.1) is 11.8 Å². The second-order valence-corrected chi connectivity index (χ2v) is 4.20. The maximum atomic E-state index is 12.0. The van der Waals surface area contributed by atoms with Crippen LogP contribution in [0.2, 0.25) is 0 Å². The SMILES string of the molecule is O=C(Nc1ccccn1)[C@H]1CC=CC[C@H]1C(=O)O.